The molecular formula is C24H54BrP. The van der Waals surface area contributed by atoms with Gasteiger partial charge in [-0.15, -0.1) is 17.0 Å². The molecule has 0 aliphatic rings. The van der Waals surface area contributed by atoms with E-state index in [1.165, 1.54) is 96.3 Å². The van der Waals surface area contributed by atoms with Crippen molar-refractivity contribution in [2.75, 3.05) is 24.6 Å². The molecule has 0 saturated carbocycles. The van der Waals surface area contributed by atoms with E-state index in [1.54, 1.807) is 31.1 Å². The SMILES string of the molecule is Br.CCCCCCCCCCCC[PH](CCCC)(CCCC)CCCC. The molecule has 0 fully saturated rings. The van der Waals surface area contributed by atoms with Crippen LogP contribution in [0.25, 0.3) is 0 Å². The molecule has 0 aliphatic carbocycles. The normalized spacial score (nSPS) is 12.2. The van der Waals surface area contributed by atoms with E-state index in [1.807, 2.05) is 0 Å². The molecule has 0 amide bonds. The molecule has 0 unspecified atom stereocenters. The third kappa shape index (κ3) is 17.0. The van der Waals surface area contributed by atoms with E-state index in [2.05, 4.69) is 27.7 Å². The van der Waals surface area contributed by atoms with Crippen molar-refractivity contribution < 1.29 is 0 Å². The second-order valence-corrected chi connectivity index (χ2v) is 13.7. The van der Waals surface area contributed by atoms with E-state index in [0.717, 1.165) is 0 Å². The van der Waals surface area contributed by atoms with Gasteiger partial charge in [-0.3, -0.25) is 0 Å². The maximum absolute atomic E-state index is 2.39. The van der Waals surface area contributed by atoms with Crippen LogP contribution in [0.1, 0.15) is 130 Å². The van der Waals surface area contributed by atoms with E-state index in [9.17, 15) is 0 Å². The summed E-state index contributed by atoms with van der Waals surface area (Å²) in [5.41, 5.74) is 0. The molecule has 0 nitrogen and oxygen atoms in total. The van der Waals surface area contributed by atoms with E-state index in [-0.39, 0.29) is 17.0 Å². The minimum atomic E-state index is -0.949. The summed E-state index contributed by atoms with van der Waals surface area (Å²) in [5, 5.41) is 0. The maximum atomic E-state index is 2.39. The fraction of sp³-hybridized carbons (Fsp3) is 1.00. The van der Waals surface area contributed by atoms with Crippen LogP contribution in [0.5, 0.6) is 0 Å². The quantitative estimate of drug-likeness (QED) is 0.127. The molecule has 0 radical (unpaired) electrons. The molecule has 0 aromatic rings. The first-order valence-electron chi connectivity index (χ1n) is 12.2. The zero-order chi connectivity index (χ0) is 18.6. The molecule has 0 N–H and O–H groups in total. The van der Waals surface area contributed by atoms with Crippen LogP contribution in [0.15, 0.2) is 0 Å². The van der Waals surface area contributed by atoms with Crippen molar-refractivity contribution in [3.05, 3.63) is 0 Å². The molecule has 0 spiro atoms. The zero-order valence-electron chi connectivity index (χ0n) is 19.1. The van der Waals surface area contributed by atoms with Gasteiger partial charge in [0.05, 0.1) is 0 Å². The molecule has 0 rings (SSSR count). The van der Waals surface area contributed by atoms with Crippen LogP contribution in [0.3, 0.4) is 0 Å². The number of unbranched alkanes of at least 4 members (excludes halogenated alkanes) is 12. The Hall–Kier alpha value is 0.910. The van der Waals surface area contributed by atoms with Crippen molar-refractivity contribution in [1.82, 2.24) is 0 Å². The van der Waals surface area contributed by atoms with Crippen molar-refractivity contribution in [3.8, 4) is 0 Å². The summed E-state index contributed by atoms with van der Waals surface area (Å²) in [7, 11) is -0.949. The average Bonchev–Trinajstić information content (AvgIpc) is 2.64. The van der Waals surface area contributed by atoms with Gasteiger partial charge in [0.15, 0.2) is 0 Å². The van der Waals surface area contributed by atoms with Crippen LogP contribution in [0.4, 0.5) is 0 Å². The Bertz CT molecular complexity index is 233. The van der Waals surface area contributed by atoms with E-state index >= 15 is 0 Å². The molecule has 0 bridgehead atoms. The Morgan fingerprint density at radius 3 is 0.962 bits per heavy atom. The van der Waals surface area contributed by atoms with Gasteiger partial charge in [-0.05, 0) is 0 Å². The van der Waals surface area contributed by atoms with Crippen LogP contribution >= 0.6 is 24.2 Å². The van der Waals surface area contributed by atoms with Crippen LogP contribution in [0.2, 0.25) is 0 Å². The second kappa shape index (κ2) is 22.2. The summed E-state index contributed by atoms with van der Waals surface area (Å²) in [6, 6.07) is 0. The second-order valence-electron chi connectivity index (χ2n) is 8.74. The fourth-order valence-corrected chi connectivity index (χ4v) is 10.2. The van der Waals surface area contributed by atoms with Gasteiger partial charge in [0.1, 0.15) is 0 Å². The predicted molar refractivity (Wildman–Crippen MR) is 135 cm³/mol. The molecule has 0 aromatic carbocycles. The molecule has 0 heterocycles. The summed E-state index contributed by atoms with van der Waals surface area (Å²) in [6.45, 7) is 9.48. The molecular weight excluding hydrogens is 399 g/mol. The number of halogens is 1. The van der Waals surface area contributed by atoms with Gasteiger partial charge in [-0.2, -0.15) is 0 Å². The van der Waals surface area contributed by atoms with Crippen molar-refractivity contribution in [3.63, 3.8) is 0 Å². The van der Waals surface area contributed by atoms with Gasteiger partial charge in [0, 0.05) is 0 Å². The first-order chi connectivity index (χ1) is 12.2. The van der Waals surface area contributed by atoms with E-state index in [4.69, 9.17) is 0 Å². The molecule has 0 saturated heterocycles. The summed E-state index contributed by atoms with van der Waals surface area (Å²) >= 11 is 0. The van der Waals surface area contributed by atoms with E-state index in [0.29, 0.717) is 0 Å². The summed E-state index contributed by atoms with van der Waals surface area (Å²) in [4.78, 5) is 0. The molecule has 162 valence electrons. The van der Waals surface area contributed by atoms with Crippen molar-refractivity contribution >= 4 is 24.2 Å². The number of hydrogen-bond donors (Lipinski definition) is 0. The summed E-state index contributed by atoms with van der Waals surface area (Å²) in [6.07, 6.45) is 30.2. The van der Waals surface area contributed by atoms with E-state index < -0.39 is 7.26 Å². The standard InChI is InChI=1S/C24H53P.BrH/c1-5-9-13-14-15-16-17-18-19-20-24-25(21-10-6-2,22-11-7-3)23-12-8-4;/h25H,5-24H2,1-4H3;1H. The van der Waals surface area contributed by atoms with Crippen molar-refractivity contribution in [2.24, 2.45) is 0 Å². The fourth-order valence-electron chi connectivity index (χ4n) is 4.39. The molecule has 26 heavy (non-hydrogen) atoms. The Morgan fingerprint density at radius 2 is 0.615 bits per heavy atom. The molecule has 2 heteroatoms. The number of hydrogen-bond acceptors (Lipinski definition) is 0. The predicted octanol–water partition coefficient (Wildman–Crippen LogP) is 9.64. The topological polar surface area (TPSA) is 0 Å². The monoisotopic (exact) mass is 452 g/mol. The zero-order valence-corrected chi connectivity index (χ0v) is 21.8. The minimum absolute atomic E-state index is 0. The third-order valence-electron chi connectivity index (χ3n) is 6.24. The van der Waals surface area contributed by atoms with Crippen LogP contribution in [-0.4, -0.2) is 24.6 Å². The molecule has 0 atom stereocenters. The third-order valence-corrected chi connectivity index (χ3v) is 11.9. The van der Waals surface area contributed by atoms with Gasteiger partial charge < -0.3 is 0 Å². The molecule has 0 aliphatic heterocycles. The van der Waals surface area contributed by atoms with Crippen molar-refractivity contribution in [1.29, 1.82) is 0 Å². The Morgan fingerprint density at radius 1 is 0.346 bits per heavy atom. The average molecular weight is 454 g/mol. The molecule has 0 aromatic heterocycles. The van der Waals surface area contributed by atoms with Crippen LogP contribution in [0, 0.1) is 0 Å². The first kappa shape index (κ1) is 29.1. The number of rotatable bonds is 20. The van der Waals surface area contributed by atoms with Gasteiger partial charge in [-0.1, -0.05) is 0 Å². The van der Waals surface area contributed by atoms with Crippen molar-refractivity contribution in [2.45, 2.75) is 130 Å². The Kier molecular flexibility index (Phi) is 24.9. The summed E-state index contributed by atoms with van der Waals surface area (Å²) in [5.74, 6) is 0. The van der Waals surface area contributed by atoms with Gasteiger partial charge in [0.25, 0.3) is 0 Å². The van der Waals surface area contributed by atoms with Crippen LogP contribution in [-0.2, 0) is 0 Å². The first-order valence-corrected chi connectivity index (χ1v) is 15.1. The van der Waals surface area contributed by atoms with Gasteiger partial charge in [-0.25, -0.2) is 0 Å². The van der Waals surface area contributed by atoms with Crippen LogP contribution < -0.4 is 0 Å². The Balaban J connectivity index is 0. The Labute approximate surface area is 179 Å². The summed E-state index contributed by atoms with van der Waals surface area (Å²) < 4.78 is 0. The van der Waals surface area contributed by atoms with Gasteiger partial charge in [0.2, 0.25) is 0 Å². The van der Waals surface area contributed by atoms with Gasteiger partial charge >= 0.3 is 162 Å².